The number of thiophene rings is 1. The second kappa shape index (κ2) is 6.02. The van der Waals surface area contributed by atoms with Gasteiger partial charge in [0.1, 0.15) is 17.2 Å². The highest BCUT2D eigenvalue weighted by Gasteiger charge is 2.32. The molecule has 0 spiro atoms. The summed E-state index contributed by atoms with van der Waals surface area (Å²) < 4.78 is 38.3. The van der Waals surface area contributed by atoms with Crippen LogP contribution in [0.4, 0.5) is 24.9 Å². The molecular formula is C12H16F3N5S. The lowest BCUT2D eigenvalue weighted by Gasteiger charge is -2.25. The number of anilines is 2. The van der Waals surface area contributed by atoms with Gasteiger partial charge in [-0.15, -0.1) is 11.3 Å². The largest absolute Gasteiger partial charge is 0.405 e. The highest BCUT2D eigenvalue weighted by atomic mass is 32.1. The van der Waals surface area contributed by atoms with Gasteiger partial charge in [0.2, 0.25) is 5.95 Å². The molecule has 0 bridgehead atoms. The summed E-state index contributed by atoms with van der Waals surface area (Å²) in [6.45, 7) is 2.90. The van der Waals surface area contributed by atoms with E-state index in [4.69, 9.17) is 5.84 Å². The van der Waals surface area contributed by atoms with Crippen LogP contribution in [0.3, 0.4) is 0 Å². The lowest BCUT2D eigenvalue weighted by Crippen LogP contribution is -2.35. The van der Waals surface area contributed by atoms with E-state index in [0.29, 0.717) is 16.6 Å². The molecule has 116 valence electrons. The minimum atomic E-state index is -4.30. The van der Waals surface area contributed by atoms with Gasteiger partial charge in [-0.2, -0.15) is 18.2 Å². The number of hydrogen-bond acceptors (Lipinski definition) is 6. The predicted molar refractivity (Wildman–Crippen MR) is 78.5 cm³/mol. The summed E-state index contributed by atoms with van der Waals surface area (Å²) in [5, 5.41) is 0.620. The summed E-state index contributed by atoms with van der Waals surface area (Å²) in [6, 6.07) is 1.80. The van der Waals surface area contributed by atoms with Gasteiger partial charge in [-0.1, -0.05) is 6.92 Å². The van der Waals surface area contributed by atoms with E-state index in [0.717, 1.165) is 4.88 Å². The molecule has 2 aromatic rings. The fraction of sp³-hybridized carbons (Fsp3) is 0.500. The number of nitrogen functional groups attached to an aromatic ring is 1. The fourth-order valence-corrected chi connectivity index (χ4v) is 2.95. The lowest BCUT2D eigenvalue weighted by molar-refractivity contribution is -0.119. The molecule has 3 N–H and O–H groups in total. The third-order valence-corrected chi connectivity index (χ3v) is 3.73. The Balaban J connectivity index is 2.54. The van der Waals surface area contributed by atoms with Crippen molar-refractivity contribution in [1.29, 1.82) is 0 Å². The van der Waals surface area contributed by atoms with Crippen LogP contribution in [0.25, 0.3) is 10.2 Å². The number of aromatic nitrogens is 2. The first-order valence-corrected chi connectivity index (χ1v) is 7.22. The number of alkyl halides is 3. The highest BCUT2D eigenvalue weighted by molar-refractivity contribution is 7.18. The average molecular weight is 319 g/mol. The summed E-state index contributed by atoms with van der Waals surface area (Å²) in [7, 11) is 0. The van der Waals surface area contributed by atoms with Gasteiger partial charge < -0.3 is 4.90 Å². The first-order chi connectivity index (χ1) is 9.84. The molecule has 9 heteroatoms. The summed E-state index contributed by atoms with van der Waals surface area (Å²) in [6.07, 6.45) is -3.72. The monoisotopic (exact) mass is 319 g/mol. The van der Waals surface area contributed by atoms with Crippen LogP contribution in [0, 0.1) is 6.92 Å². The summed E-state index contributed by atoms with van der Waals surface area (Å²) in [5.74, 6) is 5.68. The third kappa shape index (κ3) is 3.73. The molecule has 2 aromatic heterocycles. The lowest BCUT2D eigenvalue weighted by atomic mass is 10.3. The minimum absolute atomic E-state index is 0.114. The van der Waals surface area contributed by atoms with Crippen molar-refractivity contribution in [1.82, 2.24) is 9.97 Å². The van der Waals surface area contributed by atoms with Gasteiger partial charge in [0.05, 0.1) is 5.39 Å². The Morgan fingerprint density at radius 2 is 2.10 bits per heavy atom. The highest BCUT2D eigenvalue weighted by Crippen LogP contribution is 2.33. The first kappa shape index (κ1) is 15.8. The van der Waals surface area contributed by atoms with E-state index in [-0.39, 0.29) is 18.3 Å². The molecule has 2 heterocycles. The zero-order valence-corrected chi connectivity index (χ0v) is 12.5. The molecule has 2 rings (SSSR count). The maximum absolute atomic E-state index is 12.8. The van der Waals surface area contributed by atoms with Crippen molar-refractivity contribution < 1.29 is 13.2 Å². The molecular weight excluding hydrogens is 303 g/mol. The van der Waals surface area contributed by atoms with Gasteiger partial charge in [0, 0.05) is 11.4 Å². The second-order valence-electron chi connectivity index (χ2n) is 4.63. The van der Waals surface area contributed by atoms with Crippen LogP contribution in [0.5, 0.6) is 0 Å². The van der Waals surface area contributed by atoms with Crippen molar-refractivity contribution in [2.24, 2.45) is 5.84 Å². The molecule has 0 saturated carbocycles. The standard InChI is InChI=1S/C12H16F3N5S/c1-3-4-20(6-12(13,14)15)9-8-5-7(2)21-10(8)18-11(17-9)19-16/h5H,3-4,6,16H2,1-2H3,(H,17,18,19). The second-order valence-corrected chi connectivity index (χ2v) is 5.86. The van der Waals surface area contributed by atoms with Gasteiger partial charge in [-0.3, -0.25) is 5.43 Å². The van der Waals surface area contributed by atoms with E-state index in [9.17, 15) is 13.2 Å². The van der Waals surface area contributed by atoms with Crippen molar-refractivity contribution in [2.75, 3.05) is 23.4 Å². The number of nitrogens with one attached hydrogen (secondary N) is 1. The van der Waals surface area contributed by atoms with Crippen molar-refractivity contribution >= 4 is 33.3 Å². The van der Waals surface area contributed by atoms with Gasteiger partial charge in [-0.05, 0) is 19.4 Å². The summed E-state index contributed by atoms with van der Waals surface area (Å²) in [4.78, 5) is 11.1. The molecule has 21 heavy (non-hydrogen) atoms. The number of fused-ring (bicyclic) bond motifs is 1. The average Bonchev–Trinajstić information content (AvgIpc) is 2.75. The van der Waals surface area contributed by atoms with Crippen molar-refractivity contribution in [3.05, 3.63) is 10.9 Å². The van der Waals surface area contributed by atoms with E-state index in [1.807, 2.05) is 13.8 Å². The quantitative estimate of drug-likeness (QED) is 0.655. The maximum atomic E-state index is 12.8. The van der Waals surface area contributed by atoms with Crippen molar-refractivity contribution in [3.63, 3.8) is 0 Å². The van der Waals surface area contributed by atoms with Crippen LogP contribution in [0.2, 0.25) is 0 Å². The molecule has 0 aliphatic heterocycles. The Kier molecular flexibility index (Phi) is 4.52. The van der Waals surface area contributed by atoms with Gasteiger partial charge in [0.25, 0.3) is 0 Å². The SMILES string of the molecule is CCCN(CC(F)(F)F)c1nc(NN)nc2sc(C)cc12. The van der Waals surface area contributed by atoms with Gasteiger partial charge in [-0.25, -0.2) is 10.8 Å². The van der Waals surface area contributed by atoms with E-state index >= 15 is 0 Å². The molecule has 0 aliphatic rings. The normalized spacial score (nSPS) is 11.9. The molecule has 0 aromatic carbocycles. The number of hydrazine groups is 1. The molecule has 0 unspecified atom stereocenters. The topological polar surface area (TPSA) is 67.1 Å². The van der Waals surface area contributed by atoms with E-state index in [2.05, 4.69) is 15.4 Å². The number of aryl methyl sites for hydroxylation is 1. The Hall–Kier alpha value is -1.61. The van der Waals surface area contributed by atoms with Crippen LogP contribution in [0.15, 0.2) is 6.07 Å². The molecule has 0 aliphatic carbocycles. The predicted octanol–water partition coefficient (Wildman–Crippen LogP) is 3.06. The van der Waals surface area contributed by atoms with Crippen LogP contribution in [-0.2, 0) is 0 Å². The van der Waals surface area contributed by atoms with Crippen molar-refractivity contribution in [3.8, 4) is 0 Å². The van der Waals surface area contributed by atoms with E-state index in [1.54, 1.807) is 6.07 Å². The number of rotatable bonds is 5. The van der Waals surface area contributed by atoms with Gasteiger partial charge in [0.15, 0.2) is 0 Å². The third-order valence-electron chi connectivity index (χ3n) is 2.79. The van der Waals surface area contributed by atoms with Crippen LogP contribution in [0.1, 0.15) is 18.2 Å². The number of hydrogen-bond donors (Lipinski definition) is 2. The molecule has 0 fully saturated rings. The maximum Gasteiger partial charge on any atom is 0.405 e. The number of nitrogens with two attached hydrogens (primary N) is 1. The molecule has 0 atom stereocenters. The Bertz CT molecular complexity index is 625. The number of nitrogens with zero attached hydrogens (tertiary/aromatic N) is 3. The molecule has 0 amide bonds. The smallest absolute Gasteiger partial charge is 0.347 e. The summed E-state index contributed by atoms with van der Waals surface area (Å²) >= 11 is 1.39. The number of halogens is 3. The molecule has 5 nitrogen and oxygen atoms in total. The van der Waals surface area contributed by atoms with Gasteiger partial charge >= 0.3 is 6.18 Å². The van der Waals surface area contributed by atoms with E-state index < -0.39 is 12.7 Å². The Morgan fingerprint density at radius 3 is 2.67 bits per heavy atom. The fourth-order valence-electron chi connectivity index (χ4n) is 2.08. The van der Waals surface area contributed by atoms with Crippen LogP contribution >= 0.6 is 11.3 Å². The van der Waals surface area contributed by atoms with Crippen molar-refractivity contribution in [2.45, 2.75) is 26.4 Å². The zero-order valence-electron chi connectivity index (χ0n) is 11.7. The Labute approximate surface area is 123 Å². The Morgan fingerprint density at radius 1 is 1.38 bits per heavy atom. The summed E-state index contributed by atoms with van der Waals surface area (Å²) in [5.41, 5.74) is 2.31. The first-order valence-electron chi connectivity index (χ1n) is 6.40. The minimum Gasteiger partial charge on any atom is -0.347 e. The molecule has 0 radical (unpaired) electrons. The molecule has 0 saturated heterocycles. The zero-order chi connectivity index (χ0) is 15.6. The van der Waals surface area contributed by atoms with Crippen LogP contribution in [-0.4, -0.2) is 29.2 Å². The van der Waals surface area contributed by atoms with Crippen LogP contribution < -0.4 is 16.2 Å². The van der Waals surface area contributed by atoms with E-state index in [1.165, 1.54) is 16.2 Å².